The number of carbonyl (C=O) groups is 1. The summed E-state index contributed by atoms with van der Waals surface area (Å²) in [6, 6.07) is 0. The fourth-order valence-corrected chi connectivity index (χ4v) is 5.62. The Hall–Kier alpha value is -3.62. The van der Waals surface area contributed by atoms with Crippen molar-refractivity contribution in [1.82, 2.24) is 0 Å². The number of allylic oxidation sites excluding steroid dienone is 24. The van der Waals surface area contributed by atoms with Crippen molar-refractivity contribution in [2.24, 2.45) is 5.73 Å². The molecule has 0 radical (unpaired) electrons. The van der Waals surface area contributed by atoms with E-state index in [0.717, 1.165) is 103 Å². The number of phosphoric acid groups is 1. The van der Waals surface area contributed by atoms with Crippen molar-refractivity contribution < 1.29 is 33.1 Å². The van der Waals surface area contributed by atoms with Crippen LogP contribution >= 0.6 is 7.82 Å². The number of unbranched alkanes of at least 4 members (excludes halogenated alkanes) is 4. The highest BCUT2D eigenvalue weighted by Gasteiger charge is 2.22. The number of esters is 1. The Balaban J connectivity index is 3.65. The lowest BCUT2D eigenvalue weighted by Gasteiger charge is -2.15. The SMILES string of the molecule is CC/C=C\C/C=C\C/C=C\C/C=C\C/C=C\C/C=C\C/C=C\C/C=C\C/C=C\C/C=C\C/C=C\C/C=C\CCCCCCC(=O)OCC(O)COP(=O)(O)OCCN. The van der Waals surface area contributed by atoms with Gasteiger partial charge in [0.1, 0.15) is 12.7 Å². The van der Waals surface area contributed by atoms with Gasteiger partial charge in [-0.05, 0) is 96.3 Å². The summed E-state index contributed by atoms with van der Waals surface area (Å²) in [4.78, 5) is 21.2. The summed E-state index contributed by atoms with van der Waals surface area (Å²) >= 11 is 0. The first-order chi connectivity index (χ1) is 28.4. The molecule has 2 atom stereocenters. The van der Waals surface area contributed by atoms with Crippen LogP contribution < -0.4 is 5.73 Å². The zero-order chi connectivity index (χ0) is 42.3. The van der Waals surface area contributed by atoms with Crippen molar-refractivity contribution in [1.29, 1.82) is 0 Å². The van der Waals surface area contributed by atoms with Gasteiger partial charge < -0.3 is 20.5 Å². The van der Waals surface area contributed by atoms with Crippen molar-refractivity contribution in [2.75, 3.05) is 26.4 Å². The van der Waals surface area contributed by atoms with Crippen LogP contribution in [0.1, 0.15) is 122 Å². The van der Waals surface area contributed by atoms with Crippen LogP contribution in [0.5, 0.6) is 0 Å². The predicted octanol–water partition coefficient (Wildman–Crippen LogP) is 12.7. The maximum absolute atomic E-state index is 11.8. The molecule has 0 aliphatic heterocycles. The fraction of sp³-hybridized carbons (Fsp3) is 0.490. The van der Waals surface area contributed by atoms with Gasteiger partial charge in [-0.25, -0.2) is 4.57 Å². The average Bonchev–Trinajstić information content (AvgIpc) is 3.22. The van der Waals surface area contributed by atoms with Crippen molar-refractivity contribution >= 4 is 13.8 Å². The van der Waals surface area contributed by atoms with Gasteiger partial charge in [-0.2, -0.15) is 0 Å². The van der Waals surface area contributed by atoms with E-state index in [0.29, 0.717) is 6.42 Å². The lowest BCUT2D eigenvalue weighted by Crippen LogP contribution is -2.23. The summed E-state index contributed by atoms with van der Waals surface area (Å²) < 4.78 is 25.7. The second-order valence-electron chi connectivity index (χ2n) is 13.3. The molecule has 0 fully saturated rings. The summed E-state index contributed by atoms with van der Waals surface area (Å²) in [6.45, 7) is 1.28. The van der Waals surface area contributed by atoms with E-state index in [9.17, 15) is 19.4 Å². The van der Waals surface area contributed by atoms with Gasteiger partial charge >= 0.3 is 13.8 Å². The zero-order valence-corrected chi connectivity index (χ0v) is 36.3. The van der Waals surface area contributed by atoms with Crippen molar-refractivity contribution in [3.8, 4) is 0 Å². The molecule has 0 aromatic heterocycles. The van der Waals surface area contributed by atoms with Crippen LogP contribution in [-0.4, -0.2) is 48.4 Å². The maximum Gasteiger partial charge on any atom is 0.472 e. The second kappa shape index (κ2) is 44.5. The quantitative estimate of drug-likeness (QED) is 0.0243. The van der Waals surface area contributed by atoms with Crippen LogP contribution in [0.3, 0.4) is 0 Å². The van der Waals surface area contributed by atoms with E-state index >= 15 is 0 Å². The fourth-order valence-electron chi connectivity index (χ4n) is 4.85. The Kier molecular flexibility index (Phi) is 41.7. The molecule has 0 amide bonds. The predicted molar refractivity (Wildman–Crippen MR) is 246 cm³/mol. The van der Waals surface area contributed by atoms with E-state index in [-0.39, 0.29) is 26.2 Å². The van der Waals surface area contributed by atoms with Crippen LogP contribution in [0.2, 0.25) is 0 Å². The molecule has 2 unspecified atom stereocenters. The highest BCUT2D eigenvalue weighted by atomic mass is 31.2. The van der Waals surface area contributed by atoms with Gasteiger partial charge in [-0.1, -0.05) is 166 Å². The summed E-state index contributed by atoms with van der Waals surface area (Å²) in [5.74, 6) is -0.417. The molecule has 0 saturated heterocycles. The summed E-state index contributed by atoms with van der Waals surface area (Å²) in [7, 11) is -4.27. The third-order valence-electron chi connectivity index (χ3n) is 7.97. The number of aliphatic hydroxyl groups excluding tert-OH is 1. The minimum Gasteiger partial charge on any atom is -0.463 e. The molecule has 0 saturated carbocycles. The number of ether oxygens (including phenoxy) is 1. The van der Waals surface area contributed by atoms with Crippen molar-refractivity contribution in [3.05, 3.63) is 146 Å². The summed E-state index contributed by atoms with van der Waals surface area (Å²) in [5, 5.41) is 9.76. The smallest absolute Gasteiger partial charge is 0.463 e. The van der Waals surface area contributed by atoms with Crippen LogP contribution in [0.4, 0.5) is 0 Å². The lowest BCUT2D eigenvalue weighted by molar-refractivity contribution is -0.147. The molecule has 0 rings (SSSR count). The largest absolute Gasteiger partial charge is 0.472 e. The molecular weight excluding hydrogens is 746 g/mol. The van der Waals surface area contributed by atoms with Gasteiger partial charge in [0.15, 0.2) is 0 Å². The van der Waals surface area contributed by atoms with E-state index in [1.807, 2.05) is 0 Å². The Bertz CT molecular complexity index is 1380. The number of aliphatic hydroxyl groups is 1. The number of rotatable bonds is 38. The number of phosphoric ester groups is 1. The highest BCUT2D eigenvalue weighted by Crippen LogP contribution is 2.42. The lowest BCUT2D eigenvalue weighted by atomic mass is 10.1. The molecule has 0 aliphatic carbocycles. The molecule has 9 heteroatoms. The summed E-state index contributed by atoms with van der Waals surface area (Å²) in [5.41, 5.74) is 5.20. The standard InChI is InChI=1S/C49H76NO7P/c1-2-3-4-5-6-7-8-9-10-11-12-13-14-15-16-17-18-19-20-21-22-23-24-25-26-27-28-29-30-31-32-33-34-35-36-37-38-39-40-41-42-43-49(52)55-46-48(51)47-57-58(53,54)56-45-44-50/h3-4,6-7,9-10,12-13,15-16,18-19,21-22,24-25,27-28,30-31,33-34,36-37,48,51H,2,5,8,11,14,17,20,23,26,29,32,35,38-47,50H2,1H3,(H,53,54)/b4-3-,7-6-,10-9-,13-12-,16-15-,19-18-,22-21-,25-24-,28-27-,31-30-,34-33-,37-36-. The first-order valence-electron chi connectivity index (χ1n) is 21.4. The minimum atomic E-state index is -4.27. The molecule has 0 bridgehead atoms. The second-order valence-corrected chi connectivity index (χ2v) is 14.8. The van der Waals surface area contributed by atoms with E-state index < -0.39 is 26.5 Å². The molecule has 0 aromatic carbocycles. The van der Waals surface area contributed by atoms with E-state index in [4.69, 9.17) is 10.5 Å². The first kappa shape index (κ1) is 54.4. The Labute approximate surface area is 352 Å². The molecule has 0 spiro atoms. The van der Waals surface area contributed by atoms with Gasteiger partial charge in [0.25, 0.3) is 0 Å². The third kappa shape index (κ3) is 45.1. The number of hydrogen-bond donors (Lipinski definition) is 3. The Morgan fingerprint density at radius 1 is 0.517 bits per heavy atom. The summed E-state index contributed by atoms with van der Waals surface area (Å²) in [6.07, 6.45) is 68.8. The normalized spacial score (nSPS) is 14.9. The Morgan fingerprint density at radius 3 is 1.22 bits per heavy atom. The van der Waals surface area contributed by atoms with Crippen LogP contribution in [0.15, 0.2) is 146 Å². The van der Waals surface area contributed by atoms with Gasteiger partial charge in [-0.15, -0.1) is 0 Å². The number of hydrogen-bond acceptors (Lipinski definition) is 7. The first-order valence-corrected chi connectivity index (χ1v) is 22.9. The van der Waals surface area contributed by atoms with E-state index in [1.54, 1.807) is 0 Å². The molecular formula is C49H76NO7P. The van der Waals surface area contributed by atoms with Crippen LogP contribution in [0, 0.1) is 0 Å². The molecule has 0 heterocycles. The molecule has 4 N–H and O–H groups in total. The molecule has 8 nitrogen and oxygen atoms in total. The molecule has 324 valence electrons. The topological polar surface area (TPSA) is 128 Å². The van der Waals surface area contributed by atoms with E-state index in [2.05, 4.69) is 162 Å². The van der Waals surface area contributed by atoms with Crippen LogP contribution in [0.25, 0.3) is 0 Å². The van der Waals surface area contributed by atoms with E-state index in [1.165, 1.54) is 0 Å². The van der Waals surface area contributed by atoms with Gasteiger partial charge in [0, 0.05) is 13.0 Å². The third-order valence-corrected chi connectivity index (χ3v) is 8.95. The molecule has 0 aromatic rings. The average molecular weight is 822 g/mol. The highest BCUT2D eigenvalue weighted by molar-refractivity contribution is 7.47. The van der Waals surface area contributed by atoms with Gasteiger partial charge in [0.2, 0.25) is 0 Å². The maximum atomic E-state index is 11.8. The van der Waals surface area contributed by atoms with Gasteiger partial charge in [-0.3, -0.25) is 13.8 Å². The number of nitrogens with two attached hydrogens (primary N) is 1. The Morgan fingerprint density at radius 2 is 0.862 bits per heavy atom. The van der Waals surface area contributed by atoms with Crippen molar-refractivity contribution in [2.45, 2.75) is 129 Å². The molecule has 0 aliphatic rings. The zero-order valence-electron chi connectivity index (χ0n) is 35.5. The van der Waals surface area contributed by atoms with Crippen molar-refractivity contribution in [3.63, 3.8) is 0 Å². The molecule has 58 heavy (non-hydrogen) atoms. The number of carbonyl (C=O) groups excluding carboxylic acids is 1. The monoisotopic (exact) mass is 822 g/mol. The minimum absolute atomic E-state index is 0.0629. The van der Waals surface area contributed by atoms with Crippen LogP contribution in [-0.2, 0) is 23.1 Å². The van der Waals surface area contributed by atoms with Gasteiger partial charge in [0.05, 0.1) is 13.2 Å².